The zero-order valence-electron chi connectivity index (χ0n) is 14.9. The largest absolute Gasteiger partial charge is 0.425 e. The molecular formula is C18H23N5O3. The summed E-state index contributed by atoms with van der Waals surface area (Å²) in [5, 5.41) is 12.5. The van der Waals surface area contributed by atoms with Gasteiger partial charge in [0.1, 0.15) is 5.69 Å². The summed E-state index contributed by atoms with van der Waals surface area (Å²) in [6, 6.07) is 1.77. The van der Waals surface area contributed by atoms with E-state index in [0.29, 0.717) is 42.4 Å². The van der Waals surface area contributed by atoms with Crippen LogP contribution < -0.4 is 0 Å². The Morgan fingerprint density at radius 3 is 2.96 bits per heavy atom. The second-order valence-corrected chi connectivity index (χ2v) is 7.69. The van der Waals surface area contributed by atoms with Gasteiger partial charge < -0.3 is 14.1 Å². The number of amides is 1. The normalized spacial score (nSPS) is 28.3. The maximum atomic E-state index is 12.7. The number of hydrogen-bond acceptors (Lipinski definition) is 6. The molecule has 138 valence electrons. The molecule has 4 heterocycles. The summed E-state index contributed by atoms with van der Waals surface area (Å²) >= 11 is 0. The molecule has 5 rings (SSSR count). The average Bonchev–Trinajstić information content (AvgIpc) is 3.05. The number of piperidine rings is 1. The summed E-state index contributed by atoms with van der Waals surface area (Å²) in [4.78, 5) is 14.6. The number of likely N-dealkylation sites (tertiary alicyclic amines) is 1. The van der Waals surface area contributed by atoms with E-state index < -0.39 is 0 Å². The van der Waals surface area contributed by atoms with Crippen LogP contribution in [0.3, 0.4) is 0 Å². The van der Waals surface area contributed by atoms with Crippen molar-refractivity contribution < 1.29 is 13.9 Å². The highest BCUT2D eigenvalue weighted by molar-refractivity contribution is 5.92. The van der Waals surface area contributed by atoms with Crippen molar-refractivity contribution in [2.24, 2.45) is 18.9 Å². The Bertz CT molecular complexity index is 811. The first-order valence-electron chi connectivity index (χ1n) is 9.40. The van der Waals surface area contributed by atoms with E-state index >= 15 is 0 Å². The molecule has 2 aromatic heterocycles. The number of fused-ring (bicyclic) bond motifs is 1. The van der Waals surface area contributed by atoms with Crippen LogP contribution in [0.4, 0.5) is 0 Å². The number of carbonyl (C=O) groups is 1. The fraction of sp³-hybridized carbons (Fsp3) is 0.667. The van der Waals surface area contributed by atoms with Crippen LogP contribution in [0.2, 0.25) is 0 Å². The number of ether oxygens (including phenoxy) is 1. The van der Waals surface area contributed by atoms with Gasteiger partial charge in [-0.1, -0.05) is 0 Å². The standard InChI is InChI=1S/C18H23N5O3/c1-22-14(4-6-19-22)18(24)23-7-5-13-12(9-23)10-25-15(13)8-16-20-21-17(26-16)11-2-3-11/h4,6,11-13,15H,2-3,5,7-10H2,1H3/t12-,13-,15-/m1/s1. The van der Waals surface area contributed by atoms with Crippen molar-refractivity contribution in [3.63, 3.8) is 0 Å². The molecule has 2 saturated heterocycles. The summed E-state index contributed by atoms with van der Waals surface area (Å²) in [5.74, 6) is 2.82. The molecule has 8 heteroatoms. The zero-order valence-corrected chi connectivity index (χ0v) is 14.9. The summed E-state index contributed by atoms with van der Waals surface area (Å²) in [6.45, 7) is 2.18. The molecule has 0 bridgehead atoms. The molecule has 0 radical (unpaired) electrons. The maximum Gasteiger partial charge on any atom is 0.272 e. The number of aromatic nitrogens is 4. The van der Waals surface area contributed by atoms with E-state index in [0.717, 1.165) is 38.2 Å². The van der Waals surface area contributed by atoms with Crippen LogP contribution >= 0.6 is 0 Å². The third-order valence-corrected chi connectivity index (χ3v) is 5.91. The minimum Gasteiger partial charge on any atom is -0.425 e. The van der Waals surface area contributed by atoms with Crippen LogP contribution in [-0.2, 0) is 18.2 Å². The third kappa shape index (κ3) is 2.82. The van der Waals surface area contributed by atoms with Crippen molar-refractivity contribution in [2.75, 3.05) is 19.7 Å². The fourth-order valence-electron chi connectivity index (χ4n) is 4.24. The fourth-order valence-corrected chi connectivity index (χ4v) is 4.24. The Balaban J connectivity index is 1.22. The van der Waals surface area contributed by atoms with Crippen molar-refractivity contribution in [1.29, 1.82) is 0 Å². The lowest BCUT2D eigenvalue weighted by molar-refractivity contribution is 0.0594. The van der Waals surface area contributed by atoms with E-state index in [1.54, 1.807) is 24.0 Å². The van der Waals surface area contributed by atoms with Gasteiger partial charge in [-0.25, -0.2) is 0 Å². The molecule has 3 fully saturated rings. The molecule has 0 N–H and O–H groups in total. The first-order chi connectivity index (χ1) is 12.7. The molecule has 1 aliphatic carbocycles. The molecule has 3 aliphatic rings. The van der Waals surface area contributed by atoms with Gasteiger partial charge in [0.05, 0.1) is 19.1 Å². The van der Waals surface area contributed by atoms with Crippen LogP contribution in [0.15, 0.2) is 16.7 Å². The molecular weight excluding hydrogens is 334 g/mol. The first-order valence-corrected chi connectivity index (χ1v) is 9.40. The van der Waals surface area contributed by atoms with Gasteiger partial charge in [-0.2, -0.15) is 5.10 Å². The molecule has 0 aromatic carbocycles. The molecule has 2 aromatic rings. The maximum absolute atomic E-state index is 12.7. The van der Waals surface area contributed by atoms with Crippen LogP contribution in [0.1, 0.15) is 47.5 Å². The quantitative estimate of drug-likeness (QED) is 0.822. The van der Waals surface area contributed by atoms with Crippen molar-refractivity contribution in [2.45, 2.75) is 37.7 Å². The average molecular weight is 357 g/mol. The number of nitrogens with zero attached hydrogens (tertiary/aromatic N) is 5. The molecule has 26 heavy (non-hydrogen) atoms. The summed E-state index contributed by atoms with van der Waals surface area (Å²) in [7, 11) is 1.80. The molecule has 0 unspecified atom stereocenters. The second kappa shape index (κ2) is 6.19. The van der Waals surface area contributed by atoms with Crippen LogP contribution in [0.25, 0.3) is 0 Å². The van der Waals surface area contributed by atoms with Crippen molar-refractivity contribution >= 4 is 5.91 Å². The topological polar surface area (TPSA) is 86.3 Å². The lowest BCUT2D eigenvalue weighted by atomic mass is 9.83. The molecule has 1 saturated carbocycles. The smallest absolute Gasteiger partial charge is 0.272 e. The minimum absolute atomic E-state index is 0.0536. The Morgan fingerprint density at radius 1 is 1.31 bits per heavy atom. The lowest BCUT2D eigenvalue weighted by Gasteiger charge is -2.35. The Hall–Kier alpha value is -2.22. The summed E-state index contributed by atoms with van der Waals surface area (Å²) in [6.07, 6.45) is 5.72. The molecule has 1 amide bonds. The number of rotatable bonds is 4. The minimum atomic E-state index is 0.0536. The van der Waals surface area contributed by atoms with E-state index in [1.165, 1.54) is 0 Å². The van der Waals surface area contributed by atoms with Gasteiger partial charge in [0.15, 0.2) is 0 Å². The highest BCUT2D eigenvalue weighted by atomic mass is 16.5. The van der Waals surface area contributed by atoms with Gasteiger partial charge in [-0.05, 0) is 31.2 Å². The number of hydrogen-bond donors (Lipinski definition) is 0. The highest BCUT2D eigenvalue weighted by Crippen LogP contribution is 2.40. The first kappa shape index (κ1) is 16.0. The summed E-state index contributed by atoms with van der Waals surface area (Å²) < 4.78 is 13.5. The zero-order chi connectivity index (χ0) is 17.7. The Kier molecular flexibility index (Phi) is 3.81. The second-order valence-electron chi connectivity index (χ2n) is 7.69. The predicted molar refractivity (Wildman–Crippen MR) is 90.4 cm³/mol. The van der Waals surface area contributed by atoms with E-state index in [4.69, 9.17) is 9.15 Å². The van der Waals surface area contributed by atoms with E-state index in [9.17, 15) is 4.79 Å². The summed E-state index contributed by atoms with van der Waals surface area (Å²) in [5.41, 5.74) is 0.636. The number of carbonyl (C=O) groups excluding carboxylic acids is 1. The molecule has 0 spiro atoms. The van der Waals surface area contributed by atoms with Gasteiger partial charge in [-0.3, -0.25) is 9.48 Å². The van der Waals surface area contributed by atoms with Crippen LogP contribution in [0.5, 0.6) is 0 Å². The molecule has 3 atom stereocenters. The highest BCUT2D eigenvalue weighted by Gasteiger charge is 2.43. The van der Waals surface area contributed by atoms with E-state index in [-0.39, 0.29) is 12.0 Å². The van der Waals surface area contributed by atoms with Gasteiger partial charge in [0.25, 0.3) is 5.91 Å². The van der Waals surface area contributed by atoms with Gasteiger partial charge >= 0.3 is 0 Å². The Morgan fingerprint density at radius 2 is 2.19 bits per heavy atom. The monoisotopic (exact) mass is 357 g/mol. The van der Waals surface area contributed by atoms with E-state index in [2.05, 4.69) is 15.3 Å². The molecule has 8 nitrogen and oxygen atoms in total. The predicted octanol–water partition coefficient (Wildman–Crippen LogP) is 1.40. The van der Waals surface area contributed by atoms with Crippen molar-refractivity contribution in [3.05, 3.63) is 29.7 Å². The van der Waals surface area contributed by atoms with Crippen molar-refractivity contribution in [1.82, 2.24) is 24.9 Å². The van der Waals surface area contributed by atoms with E-state index in [1.807, 2.05) is 4.90 Å². The third-order valence-electron chi connectivity index (χ3n) is 5.91. The molecule has 2 aliphatic heterocycles. The number of aryl methyl sites for hydroxylation is 1. The van der Waals surface area contributed by atoms with Crippen molar-refractivity contribution in [3.8, 4) is 0 Å². The van der Waals surface area contributed by atoms with Crippen LogP contribution in [-0.4, -0.2) is 56.6 Å². The lowest BCUT2D eigenvalue weighted by Crippen LogP contribution is -2.45. The van der Waals surface area contributed by atoms with Gasteiger partial charge in [0.2, 0.25) is 11.8 Å². The Labute approximate surface area is 151 Å². The van der Waals surface area contributed by atoms with Gasteiger partial charge in [-0.15, -0.1) is 10.2 Å². The SMILES string of the molecule is Cn1nccc1C(=O)N1CC[C@@H]2[C@@H](CO[C@@H]2Cc2nnc(C3CC3)o2)C1. The van der Waals surface area contributed by atoms with Crippen LogP contribution in [0, 0.1) is 11.8 Å². The van der Waals surface area contributed by atoms with Gasteiger partial charge in [0, 0.05) is 38.2 Å².